The zero-order valence-electron chi connectivity index (χ0n) is 21.6. The molecule has 0 atom stereocenters. The molecule has 0 fully saturated rings. The van der Waals surface area contributed by atoms with Crippen molar-refractivity contribution in [3.8, 4) is 11.5 Å². The summed E-state index contributed by atoms with van der Waals surface area (Å²) in [4.78, 5) is 19.1. The molecule has 2 aromatic heterocycles. The van der Waals surface area contributed by atoms with Gasteiger partial charge in [0.2, 0.25) is 0 Å². The average molecular weight is 529 g/mol. The Labute approximate surface area is 222 Å². The molecule has 1 N–H and O–H groups in total. The molecule has 5 aromatic rings. The number of benzene rings is 3. The summed E-state index contributed by atoms with van der Waals surface area (Å²) in [5.74, 6) is 1.12. The fourth-order valence-electron chi connectivity index (χ4n) is 5.08. The lowest BCUT2D eigenvalue weighted by molar-refractivity contribution is 0.175. The summed E-state index contributed by atoms with van der Waals surface area (Å²) in [6.45, 7) is 2.94. The van der Waals surface area contributed by atoms with Gasteiger partial charge in [-0.15, -0.1) is 0 Å². The number of imidazole rings is 1. The van der Waals surface area contributed by atoms with Gasteiger partial charge in [-0.3, -0.25) is 9.51 Å². The molecule has 10 heteroatoms. The fourth-order valence-corrected chi connectivity index (χ4v) is 5.08. The van der Waals surface area contributed by atoms with Crippen molar-refractivity contribution in [2.24, 2.45) is 0 Å². The number of rotatable bonds is 6. The van der Waals surface area contributed by atoms with Crippen LogP contribution in [-0.4, -0.2) is 33.9 Å². The lowest BCUT2D eigenvalue weighted by Gasteiger charge is -2.15. The van der Waals surface area contributed by atoms with Crippen molar-refractivity contribution in [1.29, 1.82) is 0 Å². The van der Waals surface area contributed by atoms with Gasteiger partial charge in [0.05, 0.1) is 12.6 Å². The Bertz CT molecular complexity index is 1800. The Balaban J connectivity index is 1.48. The van der Waals surface area contributed by atoms with Crippen LogP contribution in [0.2, 0.25) is 0 Å². The summed E-state index contributed by atoms with van der Waals surface area (Å²) < 4.78 is 38.1. The van der Waals surface area contributed by atoms with Crippen molar-refractivity contribution in [2.45, 2.75) is 26.7 Å². The quantitative estimate of drug-likeness (QED) is 0.333. The van der Waals surface area contributed by atoms with Crippen LogP contribution < -0.4 is 15.2 Å². The molecule has 0 bridgehead atoms. The van der Waals surface area contributed by atoms with E-state index in [-0.39, 0.29) is 6.61 Å². The van der Waals surface area contributed by atoms with Crippen molar-refractivity contribution in [2.75, 3.05) is 14.2 Å². The smallest absolute Gasteiger partial charge is 0.439 e. The van der Waals surface area contributed by atoms with Crippen molar-refractivity contribution in [1.82, 2.24) is 19.7 Å². The first-order chi connectivity index (χ1) is 19.0. The highest BCUT2D eigenvalue weighted by Gasteiger charge is 2.24. The second-order valence-electron chi connectivity index (χ2n) is 9.24. The molecular weight excluding hydrogens is 503 g/mol. The molecule has 39 heavy (non-hydrogen) atoms. The predicted molar refractivity (Wildman–Crippen MR) is 142 cm³/mol. The highest BCUT2D eigenvalue weighted by atomic mass is 19.1. The monoisotopic (exact) mass is 528 g/mol. The Morgan fingerprint density at radius 1 is 1.13 bits per heavy atom. The summed E-state index contributed by atoms with van der Waals surface area (Å²) in [7, 11) is 3.27. The summed E-state index contributed by atoms with van der Waals surface area (Å²) >= 11 is 0. The van der Waals surface area contributed by atoms with Crippen molar-refractivity contribution < 1.29 is 23.1 Å². The maximum Gasteiger partial charge on any atom is 0.439 e. The number of aromatic nitrogens is 4. The molecule has 0 spiro atoms. The zero-order chi connectivity index (χ0) is 27.1. The van der Waals surface area contributed by atoms with Crippen LogP contribution in [-0.2, 0) is 24.5 Å². The topological polar surface area (TPSA) is 104 Å². The molecule has 0 unspecified atom stereocenters. The van der Waals surface area contributed by atoms with E-state index < -0.39 is 11.6 Å². The van der Waals surface area contributed by atoms with E-state index in [1.54, 1.807) is 20.3 Å². The molecule has 1 aliphatic rings. The first-order valence-corrected chi connectivity index (χ1v) is 12.3. The van der Waals surface area contributed by atoms with Crippen LogP contribution in [0.3, 0.4) is 0 Å². The molecule has 1 aliphatic heterocycles. The van der Waals surface area contributed by atoms with E-state index in [9.17, 15) is 9.18 Å². The van der Waals surface area contributed by atoms with E-state index in [1.165, 1.54) is 12.1 Å². The van der Waals surface area contributed by atoms with Gasteiger partial charge >= 0.3 is 5.76 Å². The number of nitrogens with one attached hydrogen (secondary N) is 1. The normalized spacial score (nSPS) is 13.9. The molecular formula is C29H25FN4O5. The van der Waals surface area contributed by atoms with Crippen molar-refractivity contribution in [3.63, 3.8) is 0 Å². The van der Waals surface area contributed by atoms with E-state index in [1.807, 2.05) is 37.3 Å². The van der Waals surface area contributed by atoms with E-state index in [2.05, 4.69) is 20.8 Å². The van der Waals surface area contributed by atoms with Crippen LogP contribution in [0, 0.1) is 5.82 Å². The number of H-pyrrole nitrogens is 1. The summed E-state index contributed by atoms with van der Waals surface area (Å²) in [6, 6.07) is 16.4. The largest absolute Gasteiger partial charge is 0.494 e. The van der Waals surface area contributed by atoms with Crippen LogP contribution in [0.4, 0.5) is 4.39 Å². The molecule has 0 saturated carbocycles. The lowest BCUT2D eigenvalue weighted by Crippen LogP contribution is -2.07. The first-order valence-electron chi connectivity index (χ1n) is 12.3. The minimum absolute atomic E-state index is 0.231. The van der Waals surface area contributed by atoms with Gasteiger partial charge in [0.25, 0.3) is 0 Å². The number of aromatic amines is 1. The van der Waals surface area contributed by atoms with Gasteiger partial charge in [-0.1, -0.05) is 23.4 Å². The Kier molecular flexibility index (Phi) is 6.24. The molecule has 0 aliphatic carbocycles. The Morgan fingerprint density at radius 3 is 2.74 bits per heavy atom. The number of fused-ring (bicyclic) bond motifs is 3. The highest BCUT2D eigenvalue weighted by molar-refractivity contribution is 5.99. The van der Waals surface area contributed by atoms with Gasteiger partial charge in [-0.2, -0.15) is 0 Å². The van der Waals surface area contributed by atoms with Gasteiger partial charge in [0.15, 0.2) is 5.82 Å². The molecule has 9 nitrogen and oxygen atoms in total. The highest BCUT2D eigenvalue weighted by Crippen LogP contribution is 2.41. The number of hydrogen-bond acceptors (Lipinski definition) is 7. The van der Waals surface area contributed by atoms with E-state index in [4.69, 9.17) is 23.7 Å². The Morgan fingerprint density at radius 2 is 1.97 bits per heavy atom. The van der Waals surface area contributed by atoms with Gasteiger partial charge < -0.3 is 18.8 Å². The first kappa shape index (κ1) is 24.6. The molecule has 6 rings (SSSR count). The Hall–Kier alpha value is -4.70. The van der Waals surface area contributed by atoms with E-state index >= 15 is 0 Å². The van der Waals surface area contributed by atoms with Crippen molar-refractivity contribution in [3.05, 3.63) is 105 Å². The summed E-state index contributed by atoms with van der Waals surface area (Å²) in [6.07, 6.45) is 0. The molecule has 0 radical (unpaired) electrons. The molecule has 3 heterocycles. The average Bonchev–Trinajstić information content (AvgIpc) is 3.48. The minimum Gasteiger partial charge on any atom is -0.494 e. The molecule has 3 aromatic carbocycles. The molecule has 198 valence electrons. The van der Waals surface area contributed by atoms with Crippen LogP contribution >= 0.6 is 0 Å². The summed E-state index contributed by atoms with van der Waals surface area (Å²) in [5.41, 5.74) is 6.64. The third kappa shape index (κ3) is 4.38. The van der Waals surface area contributed by atoms with E-state index in [0.29, 0.717) is 41.6 Å². The number of methoxy groups -OCH3 is 2. The van der Waals surface area contributed by atoms with Gasteiger partial charge in [0.1, 0.15) is 41.9 Å². The van der Waals surface area contributed by atoms with Crippen LogP contribution in [0.1, 0.15) is 40.8 Å². The fraction of sp³-hybridized carbons (Fsp3) is 0.207. The van der Waals surface area contributed by atoms with Crippen LogP contribution in [0.5, 0.6) is 11.5 Å². The molecule has 0 saturated heterocycles. The maximum atomic E-state index is 14.2. The zero-order valence-corrected chi connectivity index (χ0v) is 21.6. The summed E-state index contributed by atoms with van der Waals surface area (Å²) in [5, 5.41) is 3.87. The second-order valence-corrected chi connectivity index (χ2v) is 9.24. The van der Waals surface area contributed by atoms with Gasteiger partial charge in [0, 0.05) is 30.9 Å². The second kappa shape index (κ2) is 9.88. The standard InChI is InChI=1S/C29H25FN4O5/c1-16(28-32-29(35)39-33-28)26-20-9-7-17(11-18(20)14-38-24-12-19(30)8-10-21(24)26)13-34-22-5-4-6-23(37-3)27(22)31-25(34)15-36-2/h4-12H,13-15H2,1-3H3,(H,32,33,35)/b26-16-. The minimum atomic E-state index is -0.652. The number of nitrogens with zero attached hydrogens (tertiary/aromatic N) is 3. The molecule has 0 amide bonds. The van der Waals surface area contributed by atoms with Crippen LogP contribution in [0.25, 0.3) is 22.2 Å². The van der Waals surface area contributed by atoms with E-state index in [0.717, 1.165) is 39.1 Å². The third-order valence-electron chi connectivity index (χ3n) is 6.86. The predicted octanol–water partition coefficient (Wildman–Crippen LogP) is 4.93. The van der Waals surface area contributed by atoms with Crippen LogP contribution in [0.15, 0.2) is 63.9 Å². The third-order valence-corrected chi connectivity index (χ3v) is 6.86. The maximum absolute atomic E-state index is 14.2. The number of hydrogen-bond donors (Lipinski definition) is 1. The van der Waals surface area contributed by atoms with Gasteiger partial charge in [-0.25, -0.2) is 14.2 Å². The van der Waals surface area contributed by atoms with Gasteiger partial charge in [-0.05, 0) is 59.5 Å². The number of para-hydroxylation sites is 1. The SMILES string of the molecule is COCc1nc2c(OC)cccc2n1Cc1ccc2c(c1)COc1cc(F)ccc1/C2=C(/C)c1noc(=O)[nH]1. The number of allylic oxidation sites excluding steroid dienone is 1. The van der Waals surface area contributed by atoms with Crippen molar-refractivity contribution >= 4 is 22.2 Å². The number of halogens is 1. The lowest BCUT2D eigenvalue weighted by atomic mass is 9.89. The number of ether oxygens (including phenoxy) is 3.